The molecule has 2 aliphatic rings. The molecule has 2 fully saturated rings. The summed E-state index contributed by atoms with van der Waals surface area (Å²) >= 11 is 0. The fraction of sp³-hybridized carbons (Fsp3) is 0.667. The number of amides is 2. The van der Waals surface area contributed by atoms with Crippen molar-refractivity contribution in [2.45, 2.75) is 12.5 Å². The summed E-state index contributed by atoms with van der Waals surface area (Å²) in [5, 5.41) is 7.14. The Morgan fingerprint density at radius 1 is 1.32 bits per heavy atom. The van der Waals surface area contributed by atoms with Gasteiger partial charge in [0.25, 0.3) is 0 Å². The zero-order chi connectivity index (χ0) is 13.1. The van der Waals surface area contributed by atoms with Crippen molar-refractivity contribution in [1.82, 2.24) is 14.7 Å². The molecule has 2 aliphatic heterocycles. The average Bonchev–Trinajstić information content (AvgIpc) is 3.10. The molecule has 0 bridgehead atoms. The Bertz CT molecular complexity index is 436. The van der Waals surface area contributed by atoms with Crippen LogP contribution in [0.3, 0.4) is 0 Å². The molecule has 7 heteroatoms. The van der Waals surface area contributed by atoms with E-state index in [1.807, 2.05) is 10.9 Å². The molecule has 3 heterocycles. The number of aromatic nitrogens is 2. The molecular formula is C12H18N4O3. The molecule has 0 radical (unpaired) electrons. The van der Waals surface area contributed by atoms with Crippen LogP contribution >= 0.6 is 0 Å². The van der Waals surface area contributed by atoms with Gasteiger partial charge in [0.05, 0.1) is 37.7 Å². The van der Waals surface area contributed by atoms with Crippen molar-refractivity contribution >= 4 is 11.7 Å². The summed E-state index contributed by atoms with van der Waals surface area (Å²) in [6.07, 6.45) is 4.51. The lowest BCUT2D eigenvalue weighted by atomic mass is 10.3. The highest BCUT2D eigenvalue weighted by Gasteiger charge is 2.20. The molecule has 0 aliphatic carbocycles. The second-order valence-corrected chi connectivity index (χ2v) is 4.76. The molecule has 2 saturated heterocycles. The number of nitrogens with one attached hydrogen (secondary N) is 1. The van der Waals surface area contributed by atoms with Crippen molar-refractivity contribution < 1.29 is 14.3 Å². The first-order valence-corrected chi connectivity index (χ1v) is 6.58. The third-order valence-corrected chi connectivity index (χ3v) is 3.43. The van der Waals surface area contributed by atoms with E-state index in [0.29, 0.717) is 32.9 Å². The molecule has 1 aromatic heterocycles. The maximum atomic E-state index is 12.0. The van der Waals surface area contributed by atoms with Crippen LogP contribution in [0.1, 0.15) is 12.5 Å². The minimum atomic E-state index is -0.0921. The lowest BCUT2D eigenvalue weighted by Gasteiger charge is -2.26. The zero-order valence-electron chi connectivity index (χ0n) is 10.7. The van der Waals surface area contributed by atoms with Gasteiger partial charge < -0.3 is 19.7 Å². The van der Waals surface area contributed by atoms with Crippen LogP contribution in [0.15, 0.2) is 12.4 Å². The van der Waals surface area contributed by atoms with Gasteiger partial charge in [-0.25, -0.2) is 4.79 Å². The summed E-state index contributed by atoms with van der Waals surface area (Å²) in [5.74, 6) is 0. The van der Waals surface area contributed by atoms with Gasteiger partial charge in [-0.05, 0) is 6.42 Å². The van der Waals surface area contributed by atoms with Crippen molar-refractivity contribution in [3.63, 3.8) is 0 Å². The first-order valence-electron chi connectivity index (χ1n) is 6.58. The monoisotopic (exact) mass is 266 g/mol. The van der Waals surface area contributed by atoms with Gasteiger partial charge >= 0.3 is 6.03 Å². The second kappa shape index (κ2) is 5.58. The SMILES string of the molecule is O=C(Nc1cnn(C2CCOC2)c1)N1CCOCC1. The van der Waals surface area contributed by atoms with Crippen LogP contribution in [0.2, 0.25) is 0 Å². The van der Waals surface area contributed by atoms with Gasteiger partial charge in [0.1, 0.15) is 0 Å². The third-order valence-electron chi connectivity index (χ3n) is 3.43. The topological polar surface area (TPSA) is 68.6 Å². The fourth-order valence-corrected chi connectivity index (χ4v) is 2.30. The van der Waals surface area contributed by atoms with E-state index >= 15 is 0 Å². The van der Waals surface area contributed by atoms with Gasteiger partial charge in [-0.2, -0.15) is 5.10 Å². The van der Waals surface area contributed by atoms with Crippen molar-refractivity contribution in [2.24, 2.45) is 0 Å². The van der Waals surface area contributed by atoms with E-state index in [0.717, 1.165) is 18.7 Å². The van der Waals surface area contributed by atoms with Crippen molar-refractivity contribution in [3.05, 3.63) is 12.4 Å². The van der Waals surface area contributed by atoms with Crippen molar-refractivity contribution in [3.8, 4) is 0 Å². The van der Waals surface area contributed by atoms with E-state index in [2.05, 4.69) is 10.4 Å². The molecule has 0 aromatic carbocycles. The lowest BCUT2D eigenvalue weighted by molar-refractivity contribution is 0.0564. The number of nitrogens with zero attached hydrogens (tertiary/aromatic N) is 3. The summed E-state index contributed by atoms with van der Waals surface area (Å²) in [4.78, 5) is 13.7. The van der Waals surface area contributed by atoms with Crippen molar-refractivity contribution in [1.29, 1.82) is 0 Å². The number of carbonyl (C=O) groups is 1. The van der Waals surface area contributed by atoms with Gasteiger partial charge in [-0.1, -0.05) is 0 Å². The largest absolute Gasteiger partial charge is 0.379 e. The molecule has 7 nitrogen and oxygen atoms in total. The Balaban J connectivity index is 1.58. The highest BCUT2D eigenvalue weighted by Crippen LogP contribution is 2.19. The normalized spacial score (nSPS) is 23.6. The predicted molar refractivity (Wildman–Crippen MR) is 68.1 cm³/mol. The smallest absolute Gasteiger partial charge is 0.322 e. The van der Waals surface area contributed by atoms with Crippen LogP contribution in [0.5, 0.6) is 0 Å². The highest BCUT2D eigenvalue weighted by molar-refractivity contribution is 5.89. The maximum absolute atomic E-state index is 12.0. The molecule has 19 heavy (non-hydrogen) atoms. The Kier molecular flexibility index (Phi) is 3.65. The number of morpholine rings is 1. The fourth-order valence-electron chi connectivity index (χ4n) is 2.30. The van der Waals surface area contributed by atoms with Crippen LogP contribution in [0.4, 0.5) is 10.5 Å². The zero-order valence-corrected chi connectivity index (χ0v) is 10.7. The van der Waals surface area contributed by atoms with Gasteiger partial charge in [0.15, 0.2) is 0 Å². The van der Waals surface area contributed by atoms with Gasteiger partial charge in [-0.15, -0.1) is 0 Å². The molecule has 1 unspecified atom stereocenters. The number of hydrogen-bond donors (Lipinski definition) is 1. The number of hydrogen-bond acceptors (Lipinski definition) is 4. The number of rotatable bonds is 2. The molecular weight excluding hydrogens is 248 g/mol. The summed E-state index contributed by atoms with van der Waals surface area (Å²) in [6, 6.07) is 0.194. The molecule has 0 spiro atoms. The molecule has 0 saturated carbocycles. The Labute approximate surface area is 111 Å². The highest BCUT2D eigenvalue weighted by atomic mass is 16.5. The van der Waals surface area contributed by atoms with E-state index in [9.17, 15) is 4.79 Å². The molecule has 1 aromatic rings. The lowest BCUT2D eigenvalue weighted by Crippen LogP contribution is -2.43. The van der Waals surface area contributed by atoms with E-state index in [1.165, 1.54) is 0 Å². The molecule has 3 rings (SSSR count). The summed E-state index contributed by atoms with van der Waals surface area (Å²) < 4.78 is 12.4. The Hall–Kier alpha value is -1.60. The van der Waals surface area contributed by atoms with Crippen LogP contribution < -0.4 is 5.32 Å². The van der Waals surface area contributed by atoms with Gasteiger partial charge in [0, 0.05) is 25.9 Å². The van der Waals surface area contributed by atoms with Gasteiger partial charge in [-0.3, -0.25) is 4.68 Å². The first-order chi connectivity index (χ1) is 9.33. The molecule has 2 amide bonds. The minimum Gasteiger partial charge on any atom is -0.379 e. The number of carbonyl (C=O) groups excluding carboxylic acids is 1. The quantitative estimate of drug-likeness (QED) is 0.856. The van der Waals surface area contributed by atoms with E-state index in [4.69, 9.17) is 9.47 Å². The van der Waals surface area contributed by atoms with E-state index < -0.39 is 0 Å². The first kappa shape index (κ1) is 12.4. The number of anilines is 1. The standard InChI is InChI=1S/C12H18N4O3/c17-12(15-2-5-18-6-3-15)14-10-7-13-16(8-10)11-1-4-19-9-11/h7-8,11H,1-6,9H2,(H,14,17). The van der Waals surface area contributed by atoms with Crippen LogP contribution in [-0.4, -0.2) is 60.2 Å². The third kappa shape index (κ3) is 2.87. The van der Waals surface area contributed by atoms with Crippen LogP contribution in [0, 0.1) is 0 Å². The summed E-state index contributed by atoms with van der Waals surface area (Å²) in [7, 11) is 0. The Morgan fingerprint density at radius 2 is 2.16 bits per heavy atom. The van der Waals surface area contributed by atoms with Crippen LogP contribution in [-0.2, 0) is 9.47 Å². The van der Waals surface area contributed by atoms with Crippen LogP contribution in [0.25, 0.3) is 0 Å². The predicted octanol–water partition coefficient (Wildman–Crippen LogP) is 0.709. The Morgan fingerprint density at radius 3 is 2.89 bits per heavy atom. The molecule has 1 N–H and O–H groups in total. The van der Waals surface area contributed by atoms with Crippen molar-refractivity contribution in [2.75, 3.05) is 44.8 Å². The van der Waals surface area contributed by atoms with E-state index in [1.54, 1.807) is 11.1 Å². The minimum absolute atomic E-state index is 0.0921. The number of ether oxygens (including phenoxy) is 2. The molecule has 104 valence electrons. The summed E-state index contributed by atoms with van der Waals surface area (Å²) in [5.41, 5.74) is 0.725. The average molecular weight is 266 g/mol. The second-order valence-electron chi connectivity index (χ2n) is 4.76. The maximum Gasteiger partial charge on any atom is 0.322 e. The summed E-state index contributed by atoms with van der Waals surface area (Å²) in [6.45, 7) is 3.95. The molecule has 1 atom stereocenters. The van der Waals surface area contributed by atoms with Gasteiger partial charge in [0.2, 0.25) is 0 Å². The number of urea groups is 1. The van der Waals surface area contributed by atoms with E-state index in [-0.39, 0.29) is 12.1 Å².